The van der Waals surface area contributed by atoms with Crippen molar-refractivity contribution in [1.29, 1.82) is 0 Å². The molecule has 0 radical (unpaired) electrons. The Morgan fingerprint density at radius 1 is 1.43 bits per heavy atom. The number of aryl methyl sites for hydroxylation is 1. The van der Waals surface area contributed by atoms with Gasteiger partial charge in [0.1, 0.15) is 0 Å². The molecule has 14 heavy (non-hydrogen) atoms. The van der Waals surface area contributed by atoms with Gasteiger partial charge in [0.25, 0.3) is 0 Å². The molecule has 0 fully saturated rings. The molecule has 1 rings (SSSR count). The molecule has 0 heterocycles. The highest BCUT2D eigenvalue weighted by molar-refractivity contribution is 5.46. The van der Waals surface area contributed by atoms with Crippen molar-refractivity contribution in [3.05, 3.63) is 29.8 Å². The normalized spacial score (nSPS) is 12.5. The monoisotopic (exact) mass is 193 g/mol. The lowest BCUT2D eigenvalue weighted by Crippen LogP contribution is -2.20. The van der Waals surface area contributed by atoms with Crippen LogP contribution in [0.4, 0.5) is 5.69 Å². The molecule has 0 amide bonds. The molecule has 0 aliphatic carbocycles. The molecule has 0 saturated carbocycles. The Kier molecular flexibility index (Phi) is 4.47. The number of anilines is 1. The molecule has 2 heteroatoms. The third-order valence-corrected chi connectivity index (χ3v) is 2.16. The summed E-state index contributed by atoms with van der Waals surface area (Å²) < 4.78 is 5.07. The lowest BCUT2D eigenvalue weighted by Gasteiger charge is -2.14. The van der Waals surface area contributed by atoms with Crippen molar-refractivity contribution in [3.8, 4) is 0 Å². The van der Waals surface area contributed by atoms with E-state index in [0.717, 1.165) is 13.0 Å². The first-order valence-corrected chi connectivity index (χ1v) is 5.10. The minimum atomic E-state index is 0.354. The molecule has 1 aromatic carbocycles. The number of ether oxygens (including phenoxy) is 1. The van der Waals surface area contributed by atoms with Crippen LogP contribution in [0.3, 0.4) is 0 Å². The Morgan fingerprint density at radius 3 is 2.86 bits per heavy atom. The lowest BCUT2D eigenvalue weighted by atomic mass is 10.1. The zero-order valence-electron chi connectivity index (χ0n) is 9.21. The van der Waals surface area contributed by atoms with Crippen molar-refractivity contribution in [1.82, 2.24) is 0 Å². The fourth-order valence-corrected chi connectivity index (χ4v) is 1.46. The summed E-state index contributed by atoms with van der Waals surface area (Å²) in [6.07, 6.45) is 1.08. The van der Waals surface area contributed by atoms with Gasteiger partial charge in [0.05, 0.1) is 6.61 Å². The number of hydrogen-bond donors (Lipinski definition) is 1. The zero-order chi connectivity index (χ0) is 10.4. The van der Waals surface area contributed by atoms with Gasteiger partial charge in [-0.25, -0.2) is 0 Å². The average Bonchev–Trinajstić information content (AvgIpc) is 2.18. The van der Waals surface area contributed by atoms with Gasteiger partial charge >= 0.3 is 0 Å². The van der Waals surface area contributed by atoms with Crippen LogP contribution in [-0.2, 0) is 11.2 Å². The van der Waals surface area contributed by atoms with Gasteiger partial charge in [-0.2, -0.15) is 0 Å². The molecule has 1 aromatic rings. The van der Waals surface area contributed by atoms with E-state index in [9.17, 15) is 0 Å². The smallest absolute Gasteiger partial charge is 0.0661 e. The molecule has 1 unspecified atom stereocenters. The van der Waals surface area contributed by atoms with E-state index >= 15 is 0 Å². The first kappa shape index (κ1) is 11.1. The molecule has 1 N–H and O–H groups in total. The second-order valence-electron chi connectivity index (χ2n) is 3.55. The Labute approximate surface area is 86.3 Å². The van der Waals surface area contributed by atoms with Gasteiger partial charge in [-0.3, -0.25) is 0 Å². The molecule has 0 aliphatic rings. The average molecular weight is 193 g/mol. The van der Waals surface area contributed by atoms with E-state index < -0.39 is 0 Å². The fourth-order valence-electron chi connectivity index (χ4n) is 1.46. The summed E-state index contributed by atoms with van der Waals surface area (Å²) in [5.41, 5.74) is 2.54. The van der Waals surface area contributed by atoms with Crippen LogP contribution in [-0.4, -0.2) is 19.8 Å². The Bertz CT molecular complexity index is 273. The van der Waals surface area contributed by atoms with Gasteiger partial charge in [0.15, 0.2) is 0 Å². The topological polar surface area (TPSA) is 21.3 Å². The Hall–Kier alpha value is -1.02. The summed E-state index contributed by atoms with van der Waals surface area (Å²) in [5, 5.41) is 3.39. The number of nitrogens with one attached hydrogen (secondary N) is 1. The van der Waals surface area contributed by atoms with Crippen LogP contribution < -0.4 is 5.32 Å². The number of benzene rings is 1. The van der Waals surface area contributed by atoms with E-state index in [1.807, 2.05) is 0 Å². The van der Waals surface area contributed by atoms with Gasteiger partial charge in [-0.1, -0.05) is 19.1 Å². The van der Waals surface area contributed by atoms with Crippen molar-refractivity contribution >= 4 is 5.69 Å². The van der Waals surface area contributed by atoms with Crippen molar-refractivity contribution < 1.29 is 4.74 Å². The van der Waals surface area contributed by atoms with Crippen LogP contribution >= 0.6 is 0 Å². The van der Waals surface area contributed by atoms with Gasteiger partial charge in [-0.15, -0.1) is 0 Å². The molecule has 0 spiro atoms. The molecule has 0 aromatic heterocycles. The van der Waals surface area contributed by atoms with Gasteiger partial charge in [0.2, 0.25) is 0 Å². The van der Waals surface area contributed by atoms with Crippen molar-refractivity contribution in [2.45, 2.75) is 26.3 Å². The maximum atomic E-state index is 5.07. The molecule has 0 bridgehead atoms. The van der Waals surface area contributed by atoms with Crippen LogP contribution in [0.1, 0.15) is 19.4 Å². The third-order valence-electron chi connectivity index (χ3n) is 2.16. The first-order valence-electron chi connectivity index (χ1n) is 5.10. The predicted octanol–water partition coefficient (Wildman–Crippen LogP) is 2.70. The van der Waals surface area contributed by atoms with E-state index in [1.54, 1.807) is 7.11 Å². The summed E-state index contributed by atoms with van der Waals surface area (Å²) in [7, 11) is 1.72. The Morgan fingerprint density at radius 2 is 2.21 bits per heavy atom. The largest absolute Gasteiger partial charge is 0.383 e. The summed E-state index contributed by atoms with van der Waals surface area (Å²) in [6.45, 7) is 5.01. The SMILES string of the molecule is CCc1cccc(NC(C)COC)c1. The summed E-state index contributed by atoms with van der Waals surface area (Å²) >= 11 is 0. The second kappa shape index (κ2) is 5.66. The summed E-state index contributed by atoms with van der Waals surface area (Å²) in [5.74, 6) is 0. The van der Waals surface area contributed by atoms with E-state index in [1.165, 1.54) is 11.3 Å². The van der Waals surface area contributed by atoms with Crippen molar-refractivity contribution in [2.24, 2.45) is 0 Å². The number of hydrogen-bond acceptors (Lipinski definition) is 2. The van der Waals surface area contributed by atoms with Crippen LogP contribution in [0.25, 0.3) is 0 Å². The first-order chi connectivity index (χ1) is 6.76. The molecular formula is C12H19NO. The van der Waals surface area contributed by atoms with Crippen LogP contribution in [0.15, 0.2) is 24.3 Å². The highest BCUT2D eigenvalue weighted by Gasteiger charge is 2.00. The zero-order valence-corrected chi connectivity index (χ0v) is 9.21. The number of rotatable bonds is 5. The van der Waals surface area contributed by atoms with Crippen LogP contribution in [0, 0.1) is 0 Å². The fraction of sp³-hybridized carbons (Fsp3) is 0.500. The van der Waals surface area contributed by atoms with Crippen LogP contribution in [0.5, 0.6) is 0 Å². The summed E-state index contributed by atoms with van der Waals surface area (Å²) in [6, 6.07) is 8.86. The van der Waals surface area contributed by atoms with Gasteiger partial charge in [-0.05, 0) is 31.0 Å². The maximum absolute atomic E-state index is 5.07. The predicted molar refractivity (Wildman–Crippen MR) is 60.8 cm³/mol. The molecule has 0 aliphatic heterocycles. The minimum absolute atomic E-state index is 0.354. The van der Waals surface area contributed by atoms with E-state index in [-0.39, 0.29) is 0 Å². The quantitative estimate of drug-likeness (QED) is 0.776. The molecule has 1 atom stereocenters. The van der Waals surface area contributed by atoms with Crippen molar-refractivity contribution in [3.63, 3.8) is 0 Å². The molecular weight excluding hydrogens is 174 g/mol. The second-order valence-corrected chi connectivity index (χ2v) is 3.55. The Balaban J connectivity index is 2.57. The lowest BCUT2D eigenvalue weighted by molar-refractivity contribution is 0.190. The van der Waals surface area contributed by atoms with E-state index in [2.05, 4.69) is 43.4 Å². The third kappa shape index (κ3) is 3.38. The molecule has 2 nitrogen and oxygen atoms in total. The maximum Gasteiger partial charge on any atom is 0.0661 e. The van der Waals surface area contributed by atoms with Gasteiger partial charge < -0.3 is 10.1 Å². The standard InChI is InChI=1S/C12H19NO/c1-4-11-6-5-7-12(8-11)13-10(2)9-14-3/h5-8,10,13H,4,9H2,1-3H3. The summed E-state index contributed by atoms with van der Waals surface area (Å²) in [4.78, 5) is 0. The van der Waals surface area contributed by atoms with E-state index in [4.69, 9.17) is 4.74 Å². The van der Waals surface area contributed by atoms with Crippen LogP contribution in [0.2, 0.25) is 0 Å². The van der Waals surface area contributed by atoms with Gasteiger partial charge in [0, 0.05) is 18.8 Å². The van der Waals surface area contributed by atoms with Crippen molar-refractivity contribution in [2.75, 3.05) is 19.0 Å². The molecule has 0 saturated heterocycles. The highest BCUT2D eigenvalue weighted by Crippen LogP contribution is 2.12. The molecule has 78 valence electrons. The highest BCUT2D eigenvalue weighted by atomic mass is 16.5. The number of methoxy groups -OCH3 is 1. The van der Waals surface area contributed by atoms with E-state index in [0.29, 0.717) is 6.04 Å². The minimum Gasteiger partial charge on any atom is -0.383 e.